The van der Waals surface area contributed by atoms with Crippen molar-refractivity contribution in [3.05, 3.63) is 36.4 Å². The Hall–Kier alpha value is -2.61. The summed E-state index contributed by atoms with van der Waals surface area (Å²) in [6.07, 6.45) is 0. The molecule has 1 amide bonds. The SMILES string of the molecule is COc1ccc(-c2ccc3nnc(SCC(=O)NC(C)C)n3n2)cc1. The van der Waals surface area contributed by atoms with Crippen molar-refractivity contribution in [1.29, 1.82) is 0 Å². The van der Waals surface area contributed by atoms with Crippen molar-refractivity contribution >= 4 is 23.3 Å². The van der Waals surface area contributed by atoms with Gasteiger partial charge < -0.3 is 10.1 Å². The van der Waals surface area contributed by atoms with E-state index in [4.69, 9.17) is 4.74 Å². The number of hydrogen-bond donors (Lipinski definition) is 1. The average Bonchev–Trinajstić information content (AvgIpc) is 3.01. The molecule has 0 fully saturated rings. The highest BCUT2D eigenvalue weighted by atomic mass is 32.2. The van der Waals surface area contributed by atoms with Crippen LogP contribution in [0.3, 0.4) is 0 Å². The zero-order valence-electron chi connectivity index (χ0n) is 14.3. The summed E-state index contributed by atoms with van der Waals surface area (Å²) in [5, 5.41) is 16.3. The van der Waals surface area contributed by atoms with Crippen LogP contribution < -0.4 is 10.1 Å². The van der Waals surface area contributed by atoms with Crippen LogP contribution >= 0.6 is 11.8 Å². The maximum atomic E-state index is 11.8. The van der Waals surface area contributed by atoms with Crippen molar-refractivity contribution in [2.45, 2.75) is 25.0 Å². The van der Waals surface area contributed by atoms with Crippen LogP contribution in [0.4, 0.5) is 0 Å². The summed E-state index contributed by atoms with van der Waals surface area (Å²) >= 11 is 1.31. The Kier molecular flexibility index (Phi) is 5.18. The molecule has 2 heterocycles. The fourth-order valence-corrected chi connectivity index (χ4v) is 2.97. The minimum Gasteiger partial charge on any atom is -0.497 e. The highest BCUT2D eigenvalue weighted by molar-refractivity contribution is 7.99. The molecule has 8 heteroatoms. The van der Waals surface area contributed by atoms with Crippen molar-refractivity contribution in [2.24, 2.45) is 0 Å². The quantitative estimate of drug-likeness (QED) is 0.682. The lowest BCUT2D eigenvalue weighted by molar-refractivity contribution is -0.119. The van der Waals surface area contributed by atoms with Gasteiger partial charge in [-0.1, -0.05) is 11.8 Å². The summed E-state index contributed by atoms with van der Waals surface area (Å²) in [6.45, 7) is 3.86. The molecule has 0 saturated carbocycles. The van der Waals surface area contributed by atoms with E-state index in [-0.39, 0.29) is 17.7 Å². The van der Waals surface area contributed by atoms with Crippen LogP contribution in [0.5, 0.6) is 5.75 Å². The van der Waals surface area contributed by atoms with E-state index in [2.05, 4.69) is 20.6 Å². The van der Waals surface area contributed by atoms with E-state index in [0.29, 0.717) is 10.8 Å². The fourth-order valence-electron chi connectivity index (χ4n) is 2.27. The molecule has 130 valence electrons. The molecule has 0 bridgehead atoms. The van der Waals surface area contributed by atoms with E-state index >= 15 is 0 Å². The number of fused-ring (bicyclic) bond motifs is 1. The zero-order valence-corrected chi connectivity index (χ0v) is 15.1. The average molecular weight is 357 g/mol. The van der Waals surface area contributed by atoms with E-state index in [1.165, 1.54) is 11.8 Å². The van der Waals surface area contributed by atoms with Crippen LogP contribution in [0.25, 0.3) is 16.9 Å². The topological polar surface area (TPSA) is 81.4 Å². The lowest BCUT2D eigenvalue weighted by Crippen LogP contribution is -2.31. The molecule has 25 heavy (non-hydrogen) atoms. The minimum absolute atomic E-state index is 0.0388. The number of methoxy groups -OCH3 is 1. The normalized spacial score (nSPS) is 11.0. The molecule has 0 radical (unpaired) electrons. The van der Waals surface area contributed by atoms with Crippen molar-refractivity contribution < 1.29 is 9.53 Å². The number of aromatic nitrogens is 4. The molecule has 3 aromatic rings. The molecule has 2 aromatic heterocycles. The second kappa shape index (κ2) is 7.52. The van der Waals surface area contributed by atoms with Gasteiger partial charge in [0.25, 0.3) is 0 Å². The van der Waals surface area contributed by atoms with Crippen LogP contribution in [-0.2, 0) is 4.79 Å². The van der Waals surface area contributed by atoms with Gasteiger partial charge in [0.15, 0.2) is 5.65 Å². The van der Waals surface area contributed by atoms with Gasteiger partial charge in [-0.25, -0.2) is 0 Å². The zero-order chi connectivity index (χ0) is 17.8. The molecule has 0 atom stereocenters. The summed E-state index contributed by atoms with van der Waals surface area (Å²) in [7, 11) is 1.63. The standard InChI is InChI=1S/C17H19N5O2S/c1-11(2)18-16(23)10-25-17-20-19-15-9-8-14(21-22(15)17)12-4-6-13(24-3)7-5-12/h4-9,11H,10H2,1-3H3,(H,18,23). The Morgan fingerprint density at radius 1 is 1.20 bits per heavy atom. The monoisotopic (exact) mass is 357 g/mol. The molecule has 0 aliphatic rings. The van der Waals surface area contributed by atoms with Crippen molar-refractivity contribution in [1.82, 2.24) is 25.1 Å². The Balaban J connectivity index is 1.82. The van der Waals surface area contributed by atoms with Gasteiger partial charge in [0, 0.05) is 11.6 Å². The Morgan fingerprint density at radius 2 is 1.96 bits per heavy atom. The maximum Gasteiger partial charge on any atom is 0.230 e. The molecule has 7 nitrogen and oxygen atoms in total. The summed E-state index contributed by atoms with van der Waals surface area (Å²) in [5.41, 5.74) is 2.40. The van der Waals surface area contributed by atoms with E-state index in [0.717, 1.165) is 17.0 Å². The van der Waals surface area contributed by atoms with E-state index in [9.17, 15) is 4.79 Å². The van der Waals surface area contributed by atoms with Crippen LogP contribution in [0.2, 0.25) is 0 Å². The lowest BCUT2D eigenvalue weighted by Gasteiger charge is -2.07. The Bertz CT molecular complexity index is 876. The second-order valence-corrected chi connectivity index (χ2v) is 6.65. The van der Waals surface area contributed by atoms with Crippen LogP contribution in [0.1, 0.15) is 13.8 Å². The van der Waals surface area contributed by atoms with Crippen LogP contribution in [-0.4, -0.2) is 44.6 Å². The number of benzene rings is 1. The van der Waals surface area contributed by atoms with E-state index < -0.39 is 0 Å². The molecule has 1 aromatic carbocycles. The second-order valence-electron chi connectivity index (χ2n) is 5.71. The van der Waals surface area contributed by atoms with Crippen LogP contribution in [0.15, 0.2) is 41.6 Å². The largest absolute Gasteiger partial charge is 0.497 e. The predicted molar refractivity (Wildman–Crippen MR) is 96.8 cm³/mol. The van der Waals surface area contributed by atoms with Crippen molar-refractivity contribution in [3.8, 4) is 17.0 Å². The third kappa shape index (κ3) is 4.08. The van der Waals surface area contributed by atoms with Crippen LogP contribution in [0, 0.1) is 0 Å². The molecular formula is C17H19N5O2S. The minimum atomic E-state index is -0.0388. The molecule has 0 aliphatic heterocycles. The fraction of sp³-hybridized carbons (Fsp3) is 0.294. The highest BCUT2D eigenvalue weighted by Gasteiger charge is 2.12. The van der Waals surface area contributed by atoms with Crippen molar-refractivity contribution in [2.75, 3.05) is 12.9 Å². The number of amides is 1. The van der Waals surface area contributed by atoms with E-state index in [1.807, 2.05) is 50.2 Å². The molecule has 0 saturated heterocycles. The number of carbonyl (C=O) groups is 1. The third-order valence-electron chi connectivity index (χ3n) is 3.40. The number of nitrogens with one attached hydrogen (secondary N) is 1. The van der Waals surface area contributed by atoms with Gasteiger partial charge in [0.2, 0.25) is 11.1 Å². The number of rotatable bonds is 6. The number of ether oxygens (including phenoxy) is 1. The van der Waals surface area contributed by atoms with Gasteiger partial charge in [-0.15, -0.1) is 10.2 Å². The summed E-state index contributed by atoms with van der Waals surface area (Å²) in [4.78, 5) is 11.8. The lowest BCUT2D eigenvalue weighted by atomic mass is 10.1. The summed E-state index contributed by atoms with van der Waals surface area (Å²) in [6, 6.07) is 11.5. The first kappa shape index (κ1) is 17.2. The number of carbonyl (C=O) groups excluding carboxylic acids is 1. The number of hydrogen-bond acceptors (Lipinski definition) is 6. The first-order valence-corrected chi connectivity index (χ1v) is 8.84. The molecule has 0 spiro atoms. The van der Waals surface area contributed by atoms with Gasteiger partial charge in [-0.2, -0.15) is 9.61 Å². The highest BCUT2D eigenvalue weighted by Crippen LogP contribution is 2.22. The van der Waals surface area contributed by atoms with Gasteiger partial charge >= 0.3 is 0 Å². The molecule has 3 rings (SSSR count). The Labute approximate surface area is 149 Å². The van der Waals surface area contributed by atoms with E-state index in [1.54, 1.807) is 11.6 Å². The molecule has 0 unspecified atom stereocenters. The summed E-state index contributed by atoms with van der Waals surface area (Å²) < 4.78 is 6.84. The number of thioether (sulfide) groups is 1. The van der Waals surface area contributed by atoms with Gasteiger partial charge in [-0.3, -0.25) is 4.79 Å². The van der Waals surface area contributed by atoms with Gasteiger partial charge in [-0.05, 0) is 50.2 Å². The predicted octanol–water partition coefficient (Wildman–Crippen LogP) is 2.42. The summed E-state index contributed by atoms with van der Waals surface area (Å²) in [5.74, 6) is 1.03. The first-order chi connectivity index (χ1) is 12.1. The number of nitrogens with zero attached hydrogens (tertiary/aromatic N) is 4. The molecule has 1 N–H and O–H groups in total. The van der Waals surface area contributed by atoms with Crippen molar-refractivity contribution in [3.63, 3.8) is 0 Å². The Morgan fingerprint density at radius 3 is 2.64 bits per heavy atom. The molecule has 0 aliphatic carbocycles. The smallest absolute Gasteiger partial charge is 0.230 e. The van der Waals surface area contributed by atoms with Gasteiger partial charge in [0.1, 0.15) is 5.75 Å². The molecular weight excluding hydrogens is 338 g/mol. The first-order valence-electron chi connectivity index (χ1n) is 7.86. The maximum absolute atomic E-state index is 11.8. The third-order valence-corrected chi connectivity index (χ3v) is 4.32. The van der Waals surface area contributed by atoms with Gasteiger partial charge in [0.05, 0.1) is 18.6 Å².